The van der Waals surface area contributed by atoms with Crippen LogP contribution in [0.5, 0.6) is 0 Å². The minimum absolute atomic E-state index is 0.0523. The molecule has 0 aromatic carbocycles. The zero-order valence-electron chi connectivity index (χ0n) is 10.8. The Bertz CT molecular complexity index is 316. The van der Waals surface area contributed by atoms with Gasteiger partial charge in [-0.05, 0) is 25.9 Å². The first kappa shape index (κ1) is 13.3. The molecular weight excluding hydrogens is 234 g/mol. The Morgan fingerprint density at radius 3 is 2.56 bits per heavy atom. The molecule has 0 aromatic heterocycles. The number of hydrogen-bond acceptors (Lipinski definition) is 5. The van der Waals surface area contributed by atoms with Gasteiger partial charge in [-0.2, -0.15) is 0 Å². The summed E-state index contributed by atoms with van der Waals surface area (Å²) in [5, 5.41) is 6.37. The highest BCUT2D eigenvalue weighted by atomic mass is 16.5. The van der Waals surface area contributed by atoms with Gasteiger partial charge in [-0.3, -0.25) is 4.79 Å². The lowest BCUT2D eigenvalue weighted by Crippen LogP contribution is -2.59. The van der Waals surface area contributed by atoms with Crippen molar-refractivity contribution in [3.05, 3.63) is 0 Å². The molecule has 0 unspecified atom stereocenters. The molecule has 102 valence electrons. The van der Waals surface area contributed by atoms with Crippen molar-refractivity contribution in [1.29, 1.82) is 0 Å². The van der Waals surface area contributed by atoms with Crippen LogP contribution in [0.2, 0.25) is 0 Å². The van der Waals surface area contributed by atoms with Crippen LogP contribution in [0.25, 0.3) is 0 Å². The van der Waals surface area contributed by atoms with Gasteiger partial charge in [0.05, 0.1) is 7.11 Å². The van der Waals surface area contributed by atoms with Crippen LogP contribution in [0.15, 0.2) is 0 Å². The zero-order chi connectivity index (χ0) is 13.0. The van der Waals surface area contributed by atoms with E-state index in [1.54, 1.807) is 4.90 Å². The summed E-state index contributed by atoms with van der Waals surface area (Å²) in [6.07, 6.45) is 1.72. The number of carbonyl (C=O) groups excluding carboxylic acids is 2. The molecule has 1 amide bonds. The quantitative estimate of drug-likeness (QED) is 0.617. The Labute approximate surface area is 107 Å². The highest BCUT2D eigenvalue weighted by molar-refractivity contribution is 5.86. The minimum atomic E-state index is -0.467. The second-order valence-electron chi connectivity index (χ2n) is 4.80. The fourth-order valence-electron chi connectivity index (χ4n) is 2.62. The number of methoxy groups -OCH3 is 1. The smallest absolute Gasteiger partial charge is 0.329 e. The van der Waals surface area contributed by atoms with E-state index in [2.05, 4.69) is 10.6 Å². The molecule has 0 spiro atoms. The highest BCUT2D eigenvalue weighted by Gasteiger charge is 2.36. The molecule has 2 aliphatic rings. The second kappa shape index (κ2) is 6.15. The van der Waals surface area contributed by atoms with E-state index in [4.69, 9.17) is 4.74 Å². The molecule has 0 saturated carbocycles. The zero-order valence-corrected chi connectivity index (χ0v) is 10.8. The van der Waals surface area contributed by atoms with Crippen LogP contribution >= 0.6 is 0 Å². The normalized spacial score (nSPS) is 25.8. The van der Waals surface area contributed by atoms with Crippen LogP contribution in [0, 0.1) is 5.92 Å². The average molecular weight is 255 g/mol. The molecule has 1 atom stereocenters. The molecule has 0 bridgehead atoms. The summed E-state index contributed by atoms with van der Waals surface area (Å²) < 4.78 is 4.77. The van der Waals surface area contributed by atoms with Gasteiger partial charge >= 0.3 is 5.97 Å². The van der Waals surface area contributed by atoms with Gasteiger partial charge in [0, 0.05) is 25.6 Å². The summed E-state index contributed by atoms with van der Waals surface area (Å²) >= 11 is 0. The lowest BCUT2D eigenvalue weighted by Gasteiger charge is -2.37. The summed E-state index contributed by atoms with van der Waals surface area (Å²) in [5.41, 5.74) is 0. The molecule has 2 heterocycles. The Morgan fingerprint density at radius 2 is 1.89 bits per heavy atom. The Morgan fingerprint density at radius 1 is 1.17 bits per heavy atom. The molecular formula is C12H21N3O3. The van der Waals surface area contributed by atoms with E-state index in [1.165, 1.54) is 7.11 Å². The van der Waals surface area contributed by atoms with E-state index in [9.17, 15) is 9.59 Å². The van der Waals surface area contributed by atoms with Gasteiger partial charge in [0.25, 0.3) is 0 Å². The largest absolute Gasteiger partial charge is 0.467 e. The van der Waals surface area contributed by atoms with Gasteiger partial charge in [0.15, 0.2) is 0 Å². The highest BCUT2D eigenvalue weighted by Crippen LogP contribution is 2.18. The van der Waals surface area contributed by atoms with E-state index in [0.717, 1.165) is 32.5 Å². The van der Waals surface area contributed by atoms with Gasteiger partial charge in [-0.25, -0.2) is 4.79 Å². The third-order valence-corrected chi connectivity index (χ3v) is 3.69. The average Bonchev–Trinajstić information content (AvgIpc) is 2.46. The van der Waals surface area contributed by atoms with Crippen molar-refractivity contribution in [1.82, 2.24) is 15.5 Å². The topological polar surface area (TPSA) is 70.7 Å². The first-order chi connectivity index (χ1) is 8.74. The Kier molecular flexibility index (Phi) is 4.54. The fraction of sp³-hybridized carbons (Fsp3) is 0.833. The van der Waals surface area contributed by atoms with Crippen molar-refractivity contribution in [2.45, 2.75) is 18.9 Å². The molecule has 6 heteroatoms. The molecule has 2 aliphatic heterocycles. The SMILES string of the molecule is COC(=O)[C@H]1CNCCN1C(=O)C1CCNCC1. The second-order valence-corrected chi connectivity index (χ2v) is 4.80. The Hall–Kier alpha value is -1.14. The number of nitrogens with zero attached hydrogens (tertiary/aromatic N) is 1. The van der Waals surface area contributed by atoms with Gasteiger partial charge < -0.3 is 20.3 Å². The molecule has 2 fully saturated rings. The monoisotopic (exact) mass is 255 g/mol. The molecule has 18 heavy (non-hydrogen) atoms. The molecule has 0 aromatic rings. The third kappa shape index (κ3) is 2.81. The van der Waals surface area contributed by atoms with Crippen LogP contribution in [-0.4, -0.2) is 62.7 Å². The number of nitrogens with one attached hydrogen (secondary N) is 2. The van der Waals surface area contributed by atoms with Gasteiger partial charge in [0.1, 0.15) is 6.04 Å². The molecule has 0 aliphatic carbocycles. The minimum Gasteiger partial charge on any atom is -0.467 e. The summed E-state index contributed by atoms with van der Waals surface area (Å²) in [6, 6.07) is -0.467. The first-order valence-corrected chi connectivity index (χ1v) is 6.53. The number of hydrogen-bond donors (Lipinski definition) is 2. The number of piperidine rings is 1. The lowest BCUT2D eigenvalue weighted by molar-refractivity contribution is -0.155. The van der Waals surface area contributed by atoms with Crippen molar-refractivity contribution in [3.8, 4) is 0 Å². The predicted molar refractivity (Wildman–Crippen MR) is 66.0 cm³/mol. The van der Waals surface area contributed by atoms with Crippen LogP contribution in [-0.2, 0) is 14.3 Å². The number of amides is 1. The molecule has 2 N–H and O–H groups in total. The van der Waals surface area contributed by atoms with E-state index in [-0.39, 0.29) is 17.8 Å². The summed E-state index contributed by atoms with van der Waals surface area (Å²) in [6.45, 7) is 3.58. The van der Waals surface area contributed by atoms with E-state index >= 15 is 0 Å². The van der Waals surface area contributed by atoms with Crippen molar-refractivity contribution in [3.63, 3.8) is 0 Å². The van der Waals surface area contributed by atoms with Crippen LogP contribution in [0.1, 0.15) is 12.8 Å². The van der Waals surface area contributed by atoms with Crippen LogP contribution < -0.4 is 10.6 Å². The fourth-order valence-corrected chi connectivity index (χ4v) is 2.62. The van der Waals surface area contributed by atoms with Gasteiger partial charge in [-0.1, -0.05) is 0 Å². The molecule has 2 rings (SSSR count). The maximum Gasteiger partial charge on any atom is 0.329 e. The van der Waals surface area contributed by atoms with Crippen molar-refractivity contribution < 1.29 is 14.3 Å². The maximum absolute atomic E-state index is 12.4. The molecule has 2 saturated heterocycles. The number of ether oxygens (including phenoxy) is 1. The van der Waals surface area contributed by atoms with Crippen molar-refractivity contribution in [2.75, 3.05) is 39.8 Å². The standard InChI is InChI=1S/C12H21N3O3/c1-18-12(17)10-8-14-6-7-15(10)11(16)9-2-4-13-5-3-9/h9-10,13-14H,2-8H2,1H3/t10-/m1/s1. The van der Waals surface area contributed by atoms with E-state index in [1.807, 2.05) is 0 Å². The third-order valence-electron chi connectivity index (χ3n) is 3.69. The van der Waals surface area contributed by atoms with E-state index in [0.29, 0.717) is 13.1 Å². The lowest BCUT2D eigenvalue weighted by atomic mass is 9.95. The maximum atomic E-state index is 12.4. The molecule has 0 radical (unpaired) electrons. The summed E-state index contributed by atoms with van der Waals surface area (Å²) in [7, 11) is 1.37. The van der Waals surface area contributed by atoms with Gasteiger partial charge in [-0.15, -0.1) is 0 Å². The summed E-state index contributed by atoms with van der Waals surface area (Å²) in [5.74, 6) is -0.172. The van der Waals surface area contributed by atoms with E-state index < -0.39 is 6.04 Å². The molecule has 6 nitrogen and oxygen atoms in total. The number of esters is 1. The number of piperazine rings is 1. The number of carbonyl (C=O) groups is 2. The summed E-state index contributed by atoms with van der Waals surface area (Å²) in [4.78, 5) is 25.8. The van der Waals surface area contributed by atoms with Crippen molar-refractivity contribution >= 4 is 11.9 Å². The van der Waals surface area contributed by atoms with Crippen LogP contribution in [0.4, 0.5) is 0 Å². The van der Waals surface area contributed by atoms with Crippen LogP contribution in [0.3, 0.4) is 0 Å². The predicted octanol–water partition coefficient (Wildman–Crippen LogP) is -1.04. The number of rotatable bonds is 2. The Balaban J connectivity index is 2.03. The van der Waals surface area contributed by atoms with Gasteiger partial charge in [0.2, 0.25) is 5.91 Å². The van der Waals surface area contributed by atoms with Crippen molar-refractivity contribution in [2.24, 2.45) is 5.92 Å². The first-order valence-electron chi connectivity index (χ1n) is 6.53.